The van der Waals surface area contributed by atoms with Gasteiger partial charge in [0.25, 0.3) is 5.91 Å². The van der Waals surface area contributed by atoms with E-state index in [4.69, 9.17) is 4.74 Å². The zero-order valence-corrected chi connectivity index (χ0v) is 14.5. The molecule has 2 rings (SSSR count). The predicted octanol–water partition coefficient (Wildman–Crippen LogP) is 1.07. The molecule has 136 valence electrons. The van der Waals surface area contributed by atoms with E-state index >= 15 is 0 Å². The van der Waals surface area contributed by atoms with Crippen LogP contribution in [0.2, 0.25) is 0 Å². The molecule has 1 aromatic rings. The van der Waals surface area contributed by atoms with E-state index in [2.05, 4.69) is 5.32 Å². The van der Waals surface area contributed by atoms with Crippen LogP contribution in [0, 0.1) is 5.92 Å². The Bertz CT molecular complexity index is 646. The van der Waals surface area contributed by atoms with Crippen molar-refractivity contribution >= 4 is 17.8 Å². The number of aliphatic carboxylic acids is 1. The summed E-state index contributed by atoms with van der Waals surface area (Å²) in [6.45, 7) is 2.11. The number of benzene rings is 1. The summed E-state index contributed by atoms with van der Waals surface area (Å²) in [5, 5.41) is 11.7. The first-order chi connectivity index (χ1) is 11.9. The number of likely N-dealkylation sites (N-methyl/N-ethyl adjacent to an activating group) is 1. The number of amides is 2. The fourth-order valence-electron chi connectivity index (χ4n) is 2.90. The van der Waals surface area contributed by atoms with Crippen molar-refractivity contribution < 1.29 is 24.2 Å². The lowest BCUT2D eigenvalue weighted by Crippen LogP contribution is -2.47. The first-order valence-corrected chi connectivity index (χ1v) is 8.35. The van der Waals surface area contributed by atoms with E-state index in [0.717, 1.165) is 5.56 Å². The summed E-state index contributed by atoms with van der Waals surface area (Å²) < 4.78 is 5.38. The van der Waals surface area contributed by atoms with Gasteiger partial charge in [-0.25, -0.2) is 0 Å². The number of carbonyl (C=O) groups excluding carboxylic acids is 2. The molecule has 0 saturated carbocycles. The van der Waals surface area contributed by atoms with Gasteiger partial charge in [0.05, 0.1) is 12.3 Å². The van der Waals surface area contributed by atoms with E-state index in [1.54, 1.807) is 23.1 Å². The smallest absolute Gasteiger partial charge is 0.308 e. The fourth-order valence-corrected chi connectivity index (χ4v) is 2.90. The molecule has 2 amide bonds. The number of rotatable bonds is 6. The van der Waals surface area contributed by atoms with Crippen LogP contribution in [-0.4, -0.2) is 54.0 Å². The molecule has 2 unspecified atom stereocenters. The second kappa shape index (κ2) is 8.50. The normalized spacial score (nSPS) is 20.0. The number of carbonyl (C=O) groups is 3. The summed E-state index contributed by atoms with van der Waals surface area (Å²) in [5.41, 5.74) is 0.768. The molecule has 1 saturated heterocycles. The first-order valence-electron chi connectivity index (χ1n) is 8.35. The van der Waals surface area contributed by atoms with Crippen molar-refractivity contribution in [2.24, 2.45) is 5.92 Å². The second-order valence-electron chi connectivity index (χ2n) is 6.29. The van der Waals surface area contributed by atoms with Gasteiger partial charge in [-0.3, -0.25) is 14.4 Å². The van der Waals surface area contributed by atoms with Crippen LogP contribution >= 0.6 is 0 Å². The highest BCUT2D eigenvalue weighted by Gasteiger charge is 2.32. The molecular weight excluding hydrogens is 324 g/mol. The van der Waals surface area contributed by atoms with Crippen LogP contribution < -0.4 is 10.1 Å². The Morgan fingerprint density at radius 2 is 2.08 bits per heavy atom. The number of carboxylic acid groups (broad SMARTS) is 1. The van der Waals surface area contributed by atoms with E-state index in [1.807, 2.05) is 13.0 Å². The minimum atomic E-state index is -0.853. The molecule has 2 N–H and O–H groups in total. The average molecular weight is 348 g/mol. The van der Waals surface area contributed by atoms with Crippen LogP contribution in [0.1, 0.15) is 25.3 Å². The van der Waals surface area contributed by atoms with Crippen molar-refractivity contribution in [1.82, 2.24) is 10.2 Å². The van der Waals surface area contributed by atoms with Gasteiger partial charge in [-0.05, 0) is 37.5 Å². The van der Waals surface area contributed by atoms with Gasteiger partial charge in [0, 0.05) is 19.6 Å². The molecule has 0 bridgehead atoms. The standard InChI is InChI=1S/C18H24N2O5/c1-12-6-7-14(18(23)24)10-20(12)17(22)9-13-4-3-5-15(8-13)25-11-16(21)19-2/h3-5,8,12,14H,6-7,9-11H2,1-2H3,(H,19,21)(H,23,24). The van der Waals surface area contributed by atoms with Crippen molar-refractivity contribution in [2.75, 3.05) is 20.2 Å². The van der Waals surface area contributed by atoms with Crippen LogP contribution in [0.15, 0.2) is 24.3 Å². The number of nitrogens with zero attached hydrogens (tertiary/aromatic N) is 1. The van der Waals surface area contributed by atoms with E-state index in [1.165, 1.54) is 7.05 Å². The molecule has 1 fully saturated rings. The van der Waals surface area contributed by atoms with Crippen LogP contribution in [0.3, 0.4) is 0 Å². The fraction of sp³-hybridized carbons (Fsp3) is 0.500. The molecule has 0 aromatic heterocycles. The summed E-state index contributed by atoms with van der Waals surface area (Å²) in [5.74, 6) is -1.16. The summed E-state index contributed by atoms with van der Waals surface area (Å²) >= 11 is 0. The Hall–Kier alpha value is -2.57. The Labute approximate surface area is 147 Å². The minimum absolute atomic E-state index is 0.0378. The van der Waals surface area contributed by atoms with Gasteiger partial charge in [-0.2, -0.15) is 0 Å². The van der Waals surface area contributed by atoms with Crippen LogP contribution in [0.4, 0.5) is 0 Å². The highest BCUT2D eigenvalue weighted by molar-refractivity contribution is 5.80. The second-order valence-corrected chi connectivity index (χ2v) is 6.29. The zero-order valence-electron chi connectivity index (χ0n) is 14.5. The minimum Gasteiger partial charge on any atom is -0.484 e. The molecule has 1 aliphatic rings. The Morgan fingerprint density at radius 1 is 1.32 bits per heavy atom. The van der Waals surface area contributed by atoms with Crippen molar-refractivity contribution in [2.45, 2.75) is 32.2 Å². The van der Waals surface area contributed by atoms with E-state index in [9.17, 15) is 19.5 Å². The largest absolute Gasteiger partial charge is 0.484 e. The molecule has 2 atom stereocenters. The summed E-state index contributed by atoms with van der Waals surface area (Å²) in [7, 11) is 1.53. The molecule has 1 aromatic carbocycles. The van der Waals surface area contributed by atoms with Gasteiger partial charge in [0.15, 0.2) is 6.61 Å². The van der Waals surface area contributed by atoms with Crippen LogP contribution in [0.25, 0.3) is 0 Å². The van der Waals surface area contributed by atoms with Gasteiger partial charge in [0.1, 0.15) is 5.75 Å². The molecule has 1 heterocycles. The van der Waals surface area contributed by atoms with E-state index in [0.29, 0.717) is 18.6 Å². The third-order valence-electron chi connectivity index (χ3n) is 4.45. The van der Waals surface area contributed by atoms with Crippen molar-refractivity contribution in [3.63, 3.8) is 0 Å². The summed E-state index contributed by atoms with van der Waals surface area (Å²) in [6.07, 6.45) is 1.47. The lowest BCUT2D eigenvalue weighted by Gasteiger charge is -2.36. The van der Waals surface area contributed by atoms with Gasteiger partial charge in [-0.1, -0.05) is 12.1 Å². The van der Waals surface area contributed by atoms with E-state index < -0.39 is 11.9 Å². The Kier molecular flexibility index (Phi) is 6.38. The summed E-state index contributed by atoms with van der Waals surface area (Å²) in [6, 6.07) is 7.07. The number of hydrogen-bond acceptors (Lipinski definition) is 4. The molecule has 1 aliphatic heterocycles. The van der Waals surface area contributed by atoms with E-state index in [-0.39, 0.29) is 37.4 Å². The maximum absolute atomic E-state index is 12.6. The van der Waals surface area contributed by atoms with Crippen LogP contribution in [0.5, 0.6) is 5.75 Å². The molecule has 7 heteroatoms. The third kappa shape index (κ3) is 5.20. The monoisotopic (exact) mass is 348 g/mol. The van der Waals surface area contributed by atoms with Crippen molar-refractivity contribution in [3.05, 3.63) is 29.8 Å². The Morgan fingerprint density at radius 3 is 2.76 bits per heavy atom. The number of hydrogen-bond donors (Lipinski definition) is 2. The third-order valence-corrected chi connectivity index (χ3v) is 4.45. The zero-order chi connectivity index (χ0) is 18.4. The van der Waals surface area contributed by atoms with Gasteiger partial charge < -0.3 is 20.1 Å². The SMILES string of the molecule is CNC(=O)COc1cccc(CC(=O)N2CC(C(=O)O)CCC2C)c1. The molecule has 7 nitrogen and oxygen atoms in total. The first kappa shape index (κ1) is 18.8. The number of piperidine rings is 1. The summed E-state index contributed by atoms with van der Waals surface area (Å²) in [4.78, 5) is 36.7. The lowest BCUT2D eigenvalue weighted by molar-refractivity contribution is -0.147. The topological polar surface area (TPSA) is 95.9 Å². The molecule has 0 radical (unpaired) electrons. The Balaban J connectivity index is 1.99. The number of likely N-dealkylation sites (tertiary alicyclic amines) is 1. The predicted molar refractivity (Wildman–Crippen MR) is 91.2 cm³/mol. The van der Waals surface area contributed by atoms with Gasteiger partial charge in [-0.15, -0.1) is 0 Å². The van der Waals surface area contributed by atoms with Gasteiger partial charge in [0.2, 0.25) is 5.91 Å². The van der Waals surface area contributed by atoms with Gasteiger partial charge >= 0.3 is 5.97 Å². The highest BCUT2D eigenvalue weighted by atomic mass is 16.5. The quantitative estimate of drug-likeness (QED) is 0.802. The molecular formula is C18H24N2O5. The number of ether oxygens (including phenoxy) is 1. The average Bonchev–Trinajstić information content (AvgIpc) is 2.60. The maximum Gasteiger partial charge on any atom is 0.308 e. The van der Waals surface area contributed by atoms with Crippen LogP contribution in [-0.2, 0) is 20.8 Å². The lowest BCUT2D eigenvalue weighted by atomic mass is 9.93. The number of nitrogens with one attached hydrogen (secondary N) is 1. The molecule has 25 heavy (non-hydrogen) atoms. The van der Waals surface area contributed by atoms with Crippen molar-refractivity contribution in [1.29, 1.82) is 0 Å². The number of carboxylic acids is 1. The highest BCUT2D eigenvalue weighted by Crippen LogP contribution is 2.23. The molecule has 0 spiro atoms. The van der Waals surface area contributed by atoms with Crippen molar-refractivity contribution in [3.8, 4) is 5.75 Å². The molecule has 0 aliphatic carbocycles. The maximum atomic E-state index is 12.6.